The minimum Gasteiger partial charge on any atom is -0.377 e. The fraction of sp³-hybridized carbons (Fsp3) is 0.500. The Hall–Kier alpha value is -1.85. The molecule has 88 valence electrons. The molecule has 0 atom stereocenters. The maximum atomic E-state index is 11.7. The van der Waals surface area contributed by atoms with Gasteiger partial charge < -0.3 is 4.90 Å². The van der Waals surface area contributed by atoms with E-state index < -0.39 is 17.8 Å². The summed E-state index contributed by atoms with van der Waals surface area (Å²) in [6.45, 7) is 5.22. The normalized spacial score (nSPS) is 19.1. The monoisotopic (exact) mass is 225 g/mol. The summed E-state index contributed by atoms with van der Waals surface area (Å²) in [4.78, 5) is 36.9. The lowest BCUT2D eigenvalue weighted by atomic mass is 10.2. The lowest BCUT2D eigenvalue weighted by Crippen LogP contribution is -2.52. The van der Waals surface area contributed by atoms with Crippen LogP contribution < -0.4 is 5.32 Å². The molecular weight excluding hydrogens is 210 g/mol. The number of imide groups is 2. The number of carbonyl (C=O) groups is 3. The van der Waals surface area contributed by atoms with Crippen molar-refractivity contribution in [3.8, 4) is 0 Å². The number of hydrogen-bond acceptors (Lipinski definition) is 4. The van der Waals surface area contributed by atoms with Crippen LogP contribution in [0.15, 0.2) is 11.8 Å². The van der Waals surface area contributed by atoms with E-state index in [0.717, 1.165) is 4.90 Å². The van der Waals surface area contributed by atoms with Gasteiger partial charge in [-0.15, -0.1) is 0 Å². The Labute approximate surface area is 93.9 Å². The molecule has 0 spiro atoms. The van der Waals surface area contributed by atoms with Gasteiger partial charge in [-0.25, -0.2) is 4.79 Å². The third-order valence-electron chi connectivity index (χ3n) is 2.43. The molecule has 1 N–H and O–H groups in total. The van der Waals surface area contributed by atoms with Crippen LogP contribution in [0.1, 0.15) is 13.8 Å². The molecule has 1 saturated heterocycles. The number of likely N-dealkylation sites (N-methyl/N-ethyl adjacent to an activating group) is 1. The van der Waals surface area contributed by atoms with Gasteiger partial charge in [-0.1, -0.05) is 0 Å². The smallest absolute Gasteiger partial charge is 0.331 e. The van der Waals surface area contributed by atoms with E-state index in [4.69, 9.17) is 0 Å². The number of urea groups is 1. The molecule has 6 nitrogen and oxygen atoms in total. The molecule has 6 heteroatoms. The summed E-state index contributed by atoms with van der Waals surface area (Å²) in [5.74, 6) is -1.21. The molecule has 1 aliphatic rings. The van der Waals surface area contributed by atoms with E-state index in [-0.39, 0.29) is 5.57 Å². The number of hydrogen-bond donors (Lipinski definition) is 1. The number of barbiturate groups is 1. The van der Waals surface area contributed by atoms with Crippen LogP contribution in [0.4, 0.5) is 4.79 Å². The molecule has 4 amide bonds. The summed E-state index contributed by atoms with van der Waals surface area (Å²) in [7, 11) is 1.33. The first-order chi connectivity index (χ1) is 7.51. The van der Waals surface area contributed by atoms with Crippen LogP contribution >= 0.6 is 0 Å². The Kier molecular flexibility index (Phi) is 3.65. The summed E-state index contributed by atoms with van der Waals surface area (Å²) in [6, 6.07) is -0.688. The largest absolute Gasteiger partial charge is 0.377 e. The van der Waals surface area contributed by atoms with Crippen LogP contribution in [0.5, 0.6) is 0 Å². The Morgan fingerprint density at radius 2 is 1.81 bits per heavy atom. The van der Waals surface area contributed by atoms with Crippen LogP contribution in [-0.4, -0.2) is 47.8 Å². The maximum Gasteiger partial charge on any atom is 0.331 e. The number of nitrogens with one attached hydrogen (secondary N) is 1. The van der Waals surface area contributed by atoms with E-state index >= 15 is 0 Å². The van der Waals surface area contributed by atoms with Gasteiger partial charge in [0.25, 0.3) is 11.8 Å². The van der Waals surface area contributed by atoms with Gasteiger partial charge in [0.2, 0.25) is 0 Å². The molecule has 0 unspecified atom stereocenters. The Balaban J connectivity index is 2.98. The average molecular weight is 225 g/mol. The van der Waals surface area contributed by atoms with Crippen LogP contribution in [0, 0.1) is 0 Å². The zero-order valence-corrected chi connectivity index (χ0v) is 9.61. The van der Waals surface area contributed by atoms with Gasteiger partial charge in [-0.05, 0) is 13.8 Å². The minimum atomic E-state index is -0.688. The van der Waals surface area contributed by atoms with Gasteiger partial charge in [0.1, 0.15) is 5.57 Å². The van der Waals surface area contributed by atoms with E-state index in [0.29, 0.717) is 13.1 Å². The molecule has 16 heavy (non-hydrogen) atoms. The van der Waals surface area contributed by atoms with Gasteiger partial charge in [-0.3, -0.25) is 19.8 Å². The first kappa shape index (κ1) is 12.2. The van der Waals surface area contributed by atoms with Gasteiger partial charge in [0.05, 0.1) is 0 Å². The van der Waals surface area contributed by atoms with Crippen molar-refractivity contribution in [3.05, 3.63) is 11.8 Å². The van der Waals surface area contributed by atoms with Crippen molar-refractivity contribution in [1.29, 1.82) is 0 Å². The molecule has 0 aromatic rings. The summed E-state index contributed by atoms with van der Waals surface area (Å²) in [5, 5.41) is 2.10. The minimum absolute atomic E-state index is 0.00852. The van der Waals surface area contributed by atoms with Gasteiger partial charge >= 0.3 is 6.03 Å². The molecule has 1 heterocycles. The Morgan fingerprint density at radius 1 is 1.25 bits per heavy atom. The SMILES string of the molecule is CCN(/C=C1\C(=O)NC(=O)N(C)C1=O)CC. The van der Waals surface area contributed by atoms with E-state index in [2.05, 4.69) is 5.32 Å². The first-order valence-corrected chi connectivity index (χ1v) is 5.10. The van der Waals surface area contributed by atoms with Crippen molar-refractivity contribution >= 4 is 17.8 Å². The summed E-state index contributed by atoms with van der Waals surface area (Å²) < 4.78 is 0. The fourth-order valence-electron chi connectivity index (χ4n) is 1.32. The summed E-state index contributed by atoms with van der Waals surface area (Å²) in [5.41, 5.74) is -0.00852. The van der Waals surface area contributed by atoms with Crippen LogP contribution in [0.25, 0.3) is 0 Å². The quantitative estimate of drug-likeness (QED) is 0.539. The topological polar surface area (TPSA) is 69.7 Å². The Morgan fingerprint density at radius 3 is 2.31 bits per heavy atom. The molecule has 0 radical (unpaired) electrons. The Bertz CT molecular complexity index is 358. The highest BCUT2D eigenvalue weighted by atomic mass is 16.2. The highest BCUT2D eigenvalue weighted by molar-refractivity contribution is 6.28. The summed E-state index contributed by atoms with van der Waals surface area (Å²) in [6.07, 6.45) is 1.49. The van der Waals surface area contributed by atoms with Gasteiger partial charge in [0, 0.05) is 26.3 Å². The molecule has 1 rings (SSSR count). The number of carbonyl (C=O) groups excluding carboxylic acids is 3. The van der Waals surface area contributed by atoms with Crippen molar-refractivity contribution in [2.45, 2.75) is 13.8 Å². The predicted octanol–water partition coefficient (Wildman–Crippen LogP) is -0.0797. The number of rotatable bonds is 3. The zero-order chi connectivity index (χ0) is 12.3. The molecule has 1 fully saturated rings. The summed E-state index contributed by atoms with van der Waals surface area (Å²) >= 11 is 0. The third kappa shape index (κ3) is 2.21. The molecule has 0 aromatic carbocycles. The van der Waals surface area contributed by atoms with Crippen LogP contribution in [-0.2, 0) is 9.59 Å². The van der Waals surface area contributed by atoms with Crippen molar-refractivity contribution in [2.75, 3.05) is 20.1 Å². The maximum absolute atomic E-state index is 11.7. The highest BCUT2D eigenvalue weighted by Gasteiger charge is 2.33. The lowest BCUT2D eigenvalue weighted by Gasteiger charge is -2.24. The second-order valence-corrected chi connectivity index (χ2v) is 3.39. The predicted molar refractivity (Wildman–Crippen MR) is 57.3 cm³/mol. The van der Waals surface area contributed by atoms with E-state index in [9.17, 15) is 14.4 Å². The van der Waals surface area contributed by atoms with Crippen molar-refractivity contribution in [3.63, 3.8) is 0 Å². The van der Waals surface area contributed by atoms with E-state index in [1.807, 2.05) is 18.7 Å². The van der Waals surface area contributed by atoms with Crippen molar-refractivity contribution < 1.29 is 14.4 Å². The second kappa shape index (κ2) is 4.78. The van der Waals surface area contributed by atoms with Gasteiger partial charge in [0.15, 0.2) is 0 Å². The molecular formula is C10H15N3O3. The van der Waals surface area contributed by atoms with Crippen LogP contribution in [0.2, 0.25) is 0 Å². The second-order valence-electron chi connectivity index (χ2n) is 3.39. The lowest BCUT2D eigenvalue weighted by molar-refractivity contribution is -0.129. The molecule has 0 bridgehead atoms. The molecule has 0 saturated carbocycles. The first-order valence-electron chi connectivity index (χ1n) is 5.10. The van der Waals surface area contributed by atoms with Crippen molar-refractivity contribution in [2.24, 2.45) is 0 Å². The van der Waals surface area contributed by atoms with E-state index in [1.165, 1.54) is 13.2 Å². The fourth-order valence-corrected chi connectivity index (χ4v) is 1.32. The highest BCUT2D eigenvalue weighted by Crippen LogP contribution is 2.08. The number of amides is 4. The van der Waals surface area contributed by atoms with E-state index in [1.54, 1.807) is 0 Å². The molecule has 1 aliphatic heterocycles. The number of nitrogens with zero attached hydrogens (tertiary/aromatic N) is 2. The van der Waals surface area contributed by atoms with Crippen molar-refractivity contribution in [1.82, 2.24) is 15.1 Å². The average Bonchev–Trinajstić information content (AvgIpc) is 2.27. The standard InChI is InChI=1S/C10H15N3O3/c1-4-13(5-2)6-7-8(14)11-10(16)12(3)9(7)15/h6H,4-5H2,1-3H3,(H,11,14,16)/b7-6+. The van der Waals surface area contributed by atoms with Crippen LogP contribution in [0.3, 0.4) is 0 Å². The molecule has 0 aliphatic carbocycles. The van der Waals surface area contributed by atoms with Gasteiger partial charge in [-0.2, -0.15) is 0 Å². The molecule has 0 aromatic heterocycles. The third-order valence-corrected chi connectivity index (χ3v) is 2.43. The zero-order valence-electron chi connectivity index (χ0n) is 9.61.